The Kier molecular flexibility index (Phi) is 3.87. The van der Waals surface area contributed by atoms with Crippen LogP contribution < -0.4 is 4.57 Å². The fourth-order valence-corrected chi connectivity index (χ4v) is 4.07. The van der Waals surface area contributed by atoms with Gasteiger partial charge >= 0.3 is 0 Å². The van der Waals surface area contributed by atoms with Gasteiger partial charge in [0.1, 0.15) is 5.82 Å². The Morgan fingerprint density at radius 2 is 1.69 bits per heavy atom. The SMILES string of the molecule is Cc1cc(C)c(-[n+]2c(C)ccc3ccccc32)c(C)c1-c1nccn1C. The summed E-state index contributed by atoms with van der Waals surface area (Å²) in [6.45, 7) is 8.76. The molecule has 4 aromatic rings. The first-order valence-electron chi connectivity index (χ1n) is 8.98. The van der Waals surface area contributed by atoms with Crippen LogP contribution in [0, 0.1) is 27.7 Å². The number of fused-ring (bicyclic) bond motifs is 1. The lowest BCUT2D eigenvalue weighted by molar-refractivity contribution is -0.575. The highest BCUT2D eigenvalue weighted by Gasteiger charge is 2.25. The number of imidazole rings is 1. The quantitative estimate of drug-likeness (QED) is 0.482. The summed E-state index contributed by atoms with van der Waals surface area (Å²) in [5.74, 6) is 1.01. The molecule has 0 unspecified atom stereocenters. The highest BCUT2D eigenvalue weighted by atomic mass is 15.0. The van der Waals surface area contributed by atoms with Crippen LogP contribution in [-0.4, -0.2) is 9.55 Å². The van der Waals surface area contributed by atoms with Crippen molar-refractivity contribution < 1.29 is 4.57 Å². The zero-order valence-corrected chi connectivity index (χ0v) is 16.0. The van der Waals surface area contributed by atoms with E-state index in [-0.39, 0.29) is 0 Å². The van der Waals surface area contributed by atoms with Gasteiger partial charge in [0, 0.05) is 60.6 Å². The molecular weight excluding hydrogens is 318 g/mol. The predicted molar refractivity (Wildman–Crippen MR) is 107 cm³/mol. The smallest absolute Gasteiger partial charge is 0.218 e. The van der Waals surface area contributed by atoms with E-state index in [4.69, 9.17) is 0 Å². The lowest BCUT2D eigenvalue weighted by Crippen LogP contribution is -2.37. The Labute approximate surface area is 154 Å². The number of pyridine rings is 1. The van der Waals surface area contributed by atoms with Crippen molar-refractivity contribution in [3.63, 3.8) is 0 Å². The van der Waals surface area contributed by atoms with Gasteiger partial charge < -0.3 is 4.57 Å². The maximum Gasteiger partial charge on any atom is 0.218 e. The summed E-state index contributed by atoms with van der Waals surface area (Å²) in [6, 6.07) is 15.2. The fraction of sp³-hybridized carbons (Fsp3) is 0.217. The molecule has 0 fully saturated rings. The summed E-state index contributed by atoms with van der Waals surface area (Å²) in [4.78, 5) is 4.61. The van der Waals surface area contributed by atoms with Gasteiger partial charge in [0.05, 0.1) is 0 Å². The molecule has 0 bridgehead atoms. The summed E-state index contributed by atoms with van der Waals surface area (Å²) < 4.78 is 4.47. The second kappa shape index (κ2) is 6.10. The van der Waals surface area contributed by atoms with Gasteiger partial charge in [-0.1, -0.05) is 12.1 Å². The number of hydrogen-bond donors (Lipinski definition) is 0. The van der Waals surface area contributed by atoms with E-state index in [2.05, 4.69) is 91.3 Å². The van der Waals surface area contributed by atoms with E-state index in [0.717, 1.165) is 5.82 Å². The molecule has 0 aliphatic rings. The lowest BCUT2D eigenvalue weighted by atomic mass is 9.95. The van der Waals surface area contributed by atoms with Crippen LogP contribution in [0.15, 0.2) is 54.9 Å². The van der Waals surface area contributed by atoms with Crippen LogP contribution in [0.5, 0.6) is 0 Å². The van der Waals surface area contributed by atoms with E-state index in [1.54, 1.807) is 0 Å². The summed E-state index contributed by atoms with van der Waals surface area (Å²) >= 11 is 0. The molecule has 26 heavy (non-hydrogen) atoms. The molecule has 0 spiro atoms. The lowest BCUT2D eigenvalue weighted by Gasteiger charge is -2.15. The number of para-hydroxylation sites is 1. The number of rotatable bonds is 2. The summed E-state index contributed by atoms with van der Waals surface area (Å²) in [5.41, 5.74) is 8.74. The van der Waals surface area contributed by atoms with Crippen LogP contribution in [0.2, 0.25) is 0 Å². The minimum Gasteiger partial charge on any atom is -0.334 e. The normalized spacial score (nSPS) is 11.3. The van der Waals surface area contributed by atoms with E-state index in [1.807, 2.05) is 12.4 Å². The topological polar surface area (TPSA) is 21.7 Å². The zero-order chi connectivity index (χ0) is 18.4. The van der Waals surface area contributed by atoms with E-state index in [9.17, 15) is 0 Å². The molecule has 130 valence electrons. The number of nitrogens with zero attached hydrogens (tertiary/aromatic N) is 3. The van der Waals surface area contributed by atoms with Gasteiger partial charge in [0.2, 0.25) is 11.2 Å². The predicted octanol–water partition coefficient (Wildman–Crippen LogP) is 4.75. The Hall–Kier alpha value is -2.94. The second-order valence-corrected chi connectivity index (χ2v) is 7.09. The van der Waals surface area contributed by atoms with Crippen molar-refractivity contribution >= 4 is 10.9 Å². The largest absolute Gasteiger partial charge is 0.334 e. The molecule has 0 saturated heterocycles. The van der Waals surface area contributed by atoms with Crippen LogP contribution >= 0.6 is 0 Å². The van der Waals surface area contributed by atoms with Crippen LogP contribution in [0.3, 0.4) is 0 Å². The Bertz CT molecular complexity index is 1140. The van der Waals surface area contributed by atoms with Gasteiger partial charge in [0.15, 0.2) is 5.69 Å². The van der Waals surface area contributed by atoms with Crippen LogP contribution in [0.1, 0.15) is 22.4 Å². The molecule has 0 radical (unpaired) electrons. The van der Waals surface area contributed by atoms with E-state index >= 15 is 0 Å². The maximum absolute atomic E-state index is 4.61. The highest BCUT2D eigenvalue weighted by Crippen LogP contribution is 2.31. The van der Waals surface area contributed by atoms with Gasteiger partial charge in [-0.3, -0.25) is 0 Å². The van der Waals surface area contributed by atoms with Gasteiger partial charge in [-0.15, -0.1) is 0 Å². The molecule has 0 aliphatic heterocycles. The van der Waals surface area contributed by atoms with Gasteiger partial charge in [-0.05, 0) is 44.5 Å². The number of benzene rings is 2. The van der Waals surface area contributed by atoms with Crippen molar-refractivity contribution in [2.24, 2.45) is 7.05 Å². The molecule has 2 aromatic heterocycles. The molecule has 0 saturated carbocycles. The molecule has 0 atom stereocenters. The van der Waals surface area contributed by atoms with E-state index < -0.39 is 0 Å². The average molecular weight is 342 g/mol. The van der Waals surface area contributed by atoms with Gasteiger partial charge in [0.25, 0.3) is 0 Å². The monoisotopic (exact) mass is 342 g/mol. The van der Waals surface area contributed by atoms with Gasteiger partial charge in [-0.2, -0.15) is 4.57 Å². The molecular formula is C23H24N3+. The third-order valence-corrected chi connectivity index (χ3v) is 5.23. The summed E-state index contributed by atoms with van der Waals surface area (Å²) in [7, 11) is 2.05. The number of aromatic nitrogens is 3. The average Bonchev–Trinajstić information content (AvgIpc) is 3.02. The Morgan fingerprint density at radius 1 is 0.923 bits per heavy atom. The first kappa shape index (κ1) is 16.5. The van der Waals surface area contributed by atoms with Crippen molar-refractivity contribution in [1.29, 1.82) is 0 Å². The highest BCUT2D eigenvalue weighted by molar-refractivity contribution is 5.77. The molecule has 0 aliphatic carbocycles. The molecule has 3 heteroatoms. The number of hydrogen-bond acceptors (Lipinski definition) is 1. The third-order valence-electron chi connectivity index (χ3n) is 5.23. The molecule has 3 nitrogen and oxygen atoms in total. The fourth-order valence-electron chi connectivity index (χ4n) is 4.07. The maximum atomic E-state index is 4.61. The minimum absolute atomic E-state index is 1.01. The Morgan fingerprint density at radius 3 is 2.42 bits per heavy atom. The summed E-state index contributed by atoms with van der Waals surface area (Å²) in [5, 5.41) is 1.25. The molecule has 0 N–H and O–H groups in total. The number of aryl methyl sites for hydroxylation is 4. The van der Waals surface area contributed by atoms with Crippen molar-refractivity contribution in [3.8, 4) is 17.1 Å². The molecule has 2 heterocycles. The summed E-state index contributed by atoms with van der Waals surface area (Å²) in [6.07, 6.45) is 3.87. The van der Waals surface area contributed by atoms with E-state index in [0.29, 0.717) is 0 Å². The second-order valence-electron chi connectivity index (χ2n) is 7.09. The van der Waals surface area contributed by atoms with Crippen LogP contribution in [0.4, 0.5) is 0 Å². The first-order chi connectivity index (χ1) is 12.5. The van der Waals surface area contributed by atoms with Crippen LogP contribution in [-0.2, 0) is 7.05 Å². The Balaban J connectivity index is 2.12. The van der Waals surface area contributed by atoms with Crippen molar-refractivity contribution in [2.75, 3.05) is 0 Å². The minimum atomic E-state index is 1.01. The van der Waals surface area contributed by atoms with Crippen molar-refractivity contribution in [1.82, 2.24) is 9.55 Å². The van der Waals surface area contributed by atoms with Crippen LogP contribution in [0.25, 0.3) is 28.0 Å². The van der Waals surface area contributed by atoms with E-state index in [1.165, 1.54) is 44.5 Å². The standard InChI is InChI=1S/C23H24N3/c1-15-14-16(2)22(18(4)21(15)23-24-12-13-25(23)5)26-17(3)10-11-19-8-6-7-9-20(19)26/h6-14H,1-5H3/q+1. The van der Waals surface area contributed by atoms with Gasteiger partial charge in [-0.25, -0.2) is 4.98 Å². The third kappa shape index (κ3) is 2.43. The van der Waals surface area contributed by atoms with Crippen molar-refractivity contribution in [2.45, 2.75) is 27.7 Å². The first-order valence-corrected chi connectivity index (χ1v) is 8.98. The zero-order valence-electron chi connectivity index (χ0n) is 16.0. The molecule has 2 aromatic carbocycles. The van der Waals surface area contributed by atoms with Crippen molar-refractivity contribution in [3.05, 3.63) is 77.2 Å². The molecule has 0 amide bonds. The molecule has 4 rings (SSSR count).